The molecular weight excluding hydrogens is 490 g/mol. The third kappa shape index (κ3) is 8.36. The highest BCUT2D eigenvalue weighted by Gasteiger charge is 2.29. The minimum Gasteiger partial charge on any atom is -0.423 e. The molecule has 1 atom stereocenters. The van der Waals surface area contributed by atoms with Crippen LogP contribution in [-0.2, 0) is 4.79 Å². The van der Waals surface area contributed by atoms with Crippen molar-refractivity contribution in [1.82, 2.24) is 15.5 Å². The van der Waals surface area contributed by atoms with E-state index in [2.05, 4.69) is 17.2 Å². The molecule has 0 radical (unpaired) electrons. The Bertz CT molecular complexity index is 1190. The van der Waals surface area contributed by atoms with E-state index in [-0.39, 0.29) is 28.5 Å². The minimum absolute atomic E-state index is 0.0733. The van der Waals surface area contributed by atoms with Crippen LogP contribution in [0.2, 0.25) is 0 Å². The van der Waals surface area contributed by atoms with Crippen LogP contribution in [0.15, 0.2) is 61.2 Å². The van der Waals surface area contributed by atoms with Gasteiger partial charge in [0.05, 0.1) is 0 Å². The Kier molecular flexibility index (Phi) is 10.7. The first-order valence-electron chi connectivity index (χ1n) is 10.9. The maximum Gasteiger partial charge on any atom is 0.488 e. The molecule has 0 saturated heterocycles. The molecule has 14 heteroatoms. The summed E-state index contributed by atoms with van der Waals surface area (Å²) < 4.78 is 28.1. The maximum atomic E-state index is 14.1. The summed E-state index contributed by atoms with van der Waals surface area (Å²) in [5.74, 6) is -4.37. The van der Waals surface area contributed by atoms with E-state index in [1.165, 1.54) is 25.3 Å². The first-order chi connectivity index (χ1) is 17.5. The van der Waals surface area contributed by atoms with Crippen molar-refractivity contribution in [3.63, 3.8) is 0 Å². The molecule has 0 aliphatic heterocycles. The molecule has 2 rings (SSSR count). The predicted octanol–water partition coefficient (Wildman–Crippen LogP) is -1.60. The summed E-state index contributed by atoms with van der Waals surface area (Å²) in [6, 6.07) is 5.35. The molecule has 37 heavy (non-hydrogen) atoms. The van der Waals surface area contributed by atoms with E-state index in [1.54, 1.807) is 0 Å². The van der Waals surface area contributed by atoms with Crippen LogP contribution in [0.25, 0.3) is 0 Å². The molecule has 0 heterocycles. The van der Waals surface area contributed by atoms with E-state index in [0.29, 0.717) is 0 Å². The van der Waals surface area contributed by atoms with E-state index < -0.39 is 56.3 Å². The number of carbonyl (C=O) groups is 3. The summed E-state index contributed by atoms with van der Waals surface area (Å²) in [5, 5.41) is 42.4. The van der Waals surface area contributed by atoms with Crippen LogP contribution in [0, 0.1) is 11.6 Å². The van der Waals surface area contributed by atoms with Gasteiger partial charge in [0.25, 0.3) is 11.8 Å². The van der Waals surface area contributed by atoms with Crippen LogP contribution in [0.5, 0.6) is 0 Å². The predicted molar refractivity (Wildman–Crippen MR) is 133 cm³/mol. The summed E-state index contributed by atoms with van der Waals surface area (Å²) in [4.78, 5) is 39.5. The summed E-state index contributed by atoms with van der Waals surface area (Å²) in [6.07, 6.45) is 3.13. The Balaban J connectivity index is 2.52. The van der Waals surface area contributed by atoms with E-state index in [0.717, 1.165) is 41.3 Å². The first-order valence-corrected chi connectivity index (χ1v) is 10.9. The molecule has 0 bridgehead atoms. The van der Waals surface area contributed by atoms with Crippen LogP contribution in [0.4, 0.5) is 8.78 Å². The molecule has 194 valence electrons. The lowest BCUT2D eigenvalue weighted by molar-refractivity contribution is -0.121. The lowest BCUT2D eigenvalue weighted by Gasteiger charge is -2.31. The Morgan fingerprint density at radius 1 is 0.973 bits per heavy atom. The molecule has 0 fully saturated rings. The van der Waals surface area contributed by atoms with Gasteiger partial charge in [-0.1, -0.05) is 24.8 Å². The van der Waals surface area contributed by atoms with Gasteiger partial charge in [0, 0.05) is 24.6 Å². The monoisotopic (exact) mass is 515 g/mol. The standard InChI is InChI=1S/C23H25B2F2N3O7/c1-3-4-5-6-20(29-22(32)14-7-16(24(34)35)11-18(26)9-14)30(13-21(31)28-2)23(33)15-8-17(25(36)37)12-19(27)10-15/h3-5,7-12,20,34-37H,1,6,13H2,2H3,(H,28,31)(H,29,32)/b5-4-. The van der Waals surface area contributed by atoms with Crippen molar-refractivity contribution >= 4 is 42.9 Å². The molecule has 0 aromatic heterocycles. The van der Waals surface area contributed by atoms with Crippen LogP contribution >= 0.6 is 0 Å². The Morgan fingerprint density at radius 3 is 2.03 bits per heavy atom. The number of rotatable bonds is 11. The zero-order chi connectivity index (χ0) is 27.7. The van der Waals surface area contributed by atoms with Crippen molar-refractivity contribution in [3.8, 4) is 0 Å². The molecule has 10 nitrogen and oxygen atoms in total. The molecule has 6 N–H and O–H groups in total. The van der Waals surface area contributed by atoms with E-state index in [1.807, 2.05) is 0 Å². The number of carbonyl (C=O) groups excluding carboxylic acids is 3. The molecule has 0 aliphatic rings. The molecule has 3 amide bonds. The number of nitrogens with one attached hydrogen (secondary N) is 2. The van der Waals surface area contributed by atoms with Gasteiger partial charge in [-0.15, -0.1) is 0 Å². The first kappa shape index (κ1) is 29.4. The van der Waals surface area contributed by atoms with Crippen molar-refractivity contribution < 1.29 is 43.3 Å². The normalized spacial score (nSPS) is 11.5. The number of halogens is 2. The fourth-order valence-corrected chi connectivity index (χ4v) is 3.30. The smallest absolute Gasteiger partial charge is 0.423 e. The molecule has 1 unspecified atom stereocenters. The van der Waals surface area contributed by atoms with Gasteiger partial charge in [-0.2, -0.15) is 0 Å². The second-order valence-corrected chi connectivity index (χ2v) is 7.79. The van der Waals surface area contributed by atoms with Crippen molar-refractivity contribution in [2.24, 2.45) is 0 Å². The van der Waals surface area contributed by atoms with Gasteiger partial charge in [-0.05, 0) is 47.3 Å². The van der Waals surface area contributed by atoms with Gasteiger partial charge in [-0.25, -0.2) is 8.78 Å². The zero-order valence-corrected chi connectivity index (χ0v) is 19.8. The van der Waals surface area contributed by atoms with Crippen molar-refractivity contribution in [2.75, 3.05) is 13.6 Å². The van der Waals surface area contributed by atoms with Crippen LogP contribution < -0.4 is 21.6 Å². The lowest BCUT2D eigenvalue weighted by atomic mass is 9.79. The summed E-state index contributed by atoms with van der Waals surface area (Å²) in [6.45, 7) is 2.93. The number of hydrogen-bond donors (Lipinski definition) is 6. The second-order valence-electron chi connectivity index (χ2n) is 7.79. The summed E-state index contributed by atoms with van der Waals surface area (Å²) >= 11 is 0. The van der Waals surface area contributed by atoms with Crippen molar-refractivity contribution in [1.29, 1.82) is 0 Å². The average Bonchev–Trinajstić information content (AvgIpc) is 2.85. The Hall–Kier alpha value is -3.84. The molecular formula is C23H25B2F2N3O7. The van der Waals surface area contributed by atoms with Gasteiger partial charge >= 0.3 is 14.2 Å². The van der Waals surface area contributed by atoms with Gasteiger partial charge in [0.2, 0.25) is 5.91 Å². The third-order valence-corrected chi connectivity index (χ3v) is 5.10. The van der Waals surface area contributed by atoms with Crippen LogP contribution in [0.1, 0.15) is 27.1 Å². The van der Waals surface area contributed by atoms with E-state index >= 15 is 0 Å². The second kappa shape index (κ2) is 13.5. The highest BCUT2D eigenvalue weighted by molar-refractivity contribution is 6.59. The highest BCUT2D eigenvalue weighted by atomic mass is 19.1. The van der Waals surface area contributed by atoms with Gasteiger partial charge in [0.1, 0.15) is 24.3 Å². The maximum absolute atomic E-state index is 14.1. The van der Waals surface area contributed by atoms with Crippen LogP contribution in [-0.4, -0.2) is 76.7 Å². The molecule has 2 aromatic rings. The SMILES string of the molecule is C=C/C=C\CC(NC(=O)c1cc(F)cc(B(O)O)c1)N(CC(=O)NC)C(=O)c1cc(F)cc(B(O)O)c1. The Morgan fingerprint density at radius 2 is 1.51 bits per heavy atom. The zero-order valence-electron chi connectivity index (χ0n) is 19.8. The van der Waals surface area contributed by atoms with Crippen LogP contribution in [0.3, 0.4) is 0 Å². The number of amides is 3. The quantitative estimate of drug-likeness (QED) is 0.120. The summed E-state index contributed by atoms with van der Waals surface area (Å²) in [5.41, 5.74) is -1.24. The highest BCUT2D eigenvalue weighted by Crippen LogP contribution is 2.13. The number of likely N-dealkylation sites (N-methyl/N-ethyl adjacent to an activating group) is 1. The van der Waals surface area contributed by atoms with Gasteiger partial charge < -0.3 is 35.6 Å². The topological polar surface area (TPSA) is 159 Å². The molecule has 0 spiro atoms. The number of hydrogen-bond acceptors (Lipinski definition) is 7. The fourth-order valence-electron chi connectivity index (χ4n) is 3.30. The molecule has 0 saturated carbocycles. The lowest BCUT2D eigenvalue weighted by Crippen LogP contribution is -2.53. The van der Waals surface area contributed by atoms with Gasteiger partial charge in [0.15, 0.2) is 0 Å². The van der Waals surface area contributed by atoms with Gasteiger partial charge in [-0.3, -0.25) is 14.4 Å². The van der Waals surface area contributed by atoms with Crippen molar-refractivity contribution in [2.45, 2.75) is 12.6 Å². The fraction of sp³-hybridized carbons (Fsp3) is 0.174. The number of nitrogens with zero attached hydrogens (tertiary/aromatic N) is 1. The number of allylic oxidation sites excluding steroid dienone is 2. The number of benzene rings is 2. The van der Waals surface area contributed by atoms with Crippen molar-refractivity contribution in [3.05, 3.63) is 84.0 Å². The largest absolute Gasteiger partial charge is 0.488 e. The Labute approximate surface area is 212 Å². The van der Waals surface area contributed by atoms with E-state index in [4.69, 9.17) is 0 Å². The third-order valence-electron chi connectivity index (χ3n) is 5.10. The summed E-state index contributed by atoms with van der Waals surface area (Å²) in [7, 11) is -2.82. The molecule has 2 aromatic carbocycles. The molecule has 0 aliphatic carbocycles. The van der Waals surface area contributed by atoms with E-state index in [9.17, 15) is 43.3 Å². The minimum atomic E-state index is -2.08. The average molecular weight is 515 g/mol.